The third kappa shape index (κ3) is 14.5. The molecule has 0 bridgehead atoms. The lowest BCUT2D eigenvalue weighted by molar-refractivity contribution is -0.133. The van der Waals surface area contributed by atoms with Crippen molar-refractivity contribution in [1.29, 1.82) is 0 Å². The van der Waals surface area contributed by atoms with Gasteiger partial charge in [0.1, 0.15) is 35.8 Å². The van der Waals surface area contributed by atoms with Crippen LogP contribution in [-0.2, 0) is 46.4 Å². The van der Waals surface area contributed by atoms with Crippen molar-refractivity contribution in [2.75, 3.05) is 6.54 Å². The molecule has 298 valence electrons. The summed E-state index contributed by atoms with van der Waals surface area (Å²) in [7, 11) is 0. The molecule has 16 nitrogen and oxygen atoms in total. The molecule has 0 saturated heterocycles. The number of nitrogens with two attached hydrogens (primary N) is 2. The number of carbonyl (C=O) groups excluding carboxylic acids is 7. The Hall–Kier alpha value is -5.77. The number of hydrogen-bond donors (Lipinski definition) is 8. The van der Waals surface area contributed by atoms with Crippen LogP contribution in [0.2, 0.25) is 0 Å². The SMILES string of the molecule is CC(C)C[C@H](NC(=O)[C@H](Cc1c[nH]c2ccccc12)NC(=O)CNC(=O)[C@H](Cc1ccc(OC(C)(C)C)cc1)NC(=O)[C@H](C)N)C(=O)N[C@H](C=O)CC(N)=O. The molecular weight excluding hydrogens is 708 g/mol. The highest BCUT2D eigenvalue weighted by atomic mass is 16.5. The molecule has 6 amide bonds. The lowest BCUT2D eigenvalue weighted by Gasteiger charge is -2.25. The summed E-state index contributed by atoms with van der Waals surface area (Å²) in [5.74, 6) is -3.60. The molecule has 0 aliphatic rings. The second-order valence-corrected chi connectivity index (χ2v) is 14.9. The normalized spacial score (nSPS) is 14.1. The average Bonchev–Trinajstić information content (AvgIpc) is 3.51. The zero-order valence-electron chi connectivity index (χ0n) is 32.2. The fourth-order valence-electron chi connectivity index (χ4n) is 5.67. The van der Waals surface area contributed by atoms with Gasteiger partial charge in [0.25, 0.3) is 0 Å². The van der Waals surface area contributed by atoms with E-state index >= 15 is 0 Å². The Morgan fingerprint density at radius 2 is 1.42 bits per heavy atom. The molecule has 1 heterocycles. The van der Waals surface area contributed by atoms with Crippen LogP contribution in [0, 0.1) is 5.92 Å². The van der Waals surface area contributed by atoms with E-state index in [1.165, 1.54) is 6.92 Å². The summed E-state index contributed by atoms with van der Waals surface area (Å²) >= 11 is 0. The van der Waals surface area contributed by atoms with Crippen molar-refractivity contribution in [2.45, 2.75) is 103 Å². The number of aromatic nitrogens is 1. The number of hydrogen-bond acceptors (Lipinski definition) is 9. The maximum Gasteiger partial charge on any atom is 0.243 e. The lowest BCUT2D eigenvalue weighted by Crippen LogP contribution is -2.57. The topological polar surface area (TPSA) is 257 Å². The Labute approximate surface area is 320 Å². The van der Waals surface area contributed by atoms with Crippen molar-refractivity contribution in [3.8, 4) is 5.75 Å². The second-order valence-electron chi connectivity index (χ2n) is 14.9. The molecule has 1 aromatic heterocycles. The monoisotopic (exact) mass is 762 g/mol. The number of carbonyl (C=O) groups is 7. The molecule has 0 aliphatic carbocycles. The Bertz CT molecular complexity index is 1820. The van der Waals surface area contributed by atoms with E-state index < -0.39 is 84.2 Å². The molecule has 0 aliphatic heterocycles. The minimum atomic E-state index is -1.22. The van der Waals surface area contributed by atoms with Gasteiger partial charge in [-0.1, -0.05) is 44.2 Å². The number of H-pyrrole nitrogens is 1. The molecule has 55 heavy (non-hydrogen) atoms. The maximum absolute atomic E-state index is 13.9. The van der Waals surface area contributed by atoms with Crippen LogP contribution in [0.15, 0.2) is 54.7 Å². The summed E-state index contributed by atoms with van der Waals surface area (Å²) in [4.78, 5) is 92.6. The summed E-state index contributed by atoms with van der Waals surface area (Å²) in [6.45, 7) is 10.4. The van der Waals surface area contributed by atoms with Crippen LogP contribution in [0.25, 0.3) is 10.9 Å². The number of aldehydes is 1. The fraction of sp³-hybridized carbons (Fsp3) is 0.462. The van der Waals surface area contributed by atoms with Gasteiger partial charge in [-0.15, -0.1) is 0 Å². The van der Waals surface area contributed by atoms with Crippen LogP contribution in [0.1, 0.15) is 65.5 Å². The van der Waals surface area contributed by atoms with E-state index in [2.05, 4.69) is 31.6 Å². The van der Waals surface area contributed by atoms with Gasteiger partial charge in [-0.05, 0) is 69.4 Å². The first-order valence-corrected chi connectivity index (χ1v) is 18.2. The lowest BCUT2D eigenvalue weighted by atomic mass is 10.0. The first-order chi connectivity index (χ1) is 25.8. The number of nitrogens with one attached hydrogen (secondary N) is 6. The van der Waals surface area contributed by atoms with Crippen molar-refractivity contribution < 1.29 is 38.3 Å². The number of aromatic amines is 1. The fourth-order valence-corrected chi connectivity index (χ4v) is 5.67. The first-order valence-electron chi connectivity index (χ1n) is 18.2. The summed E-state index contributed by atoms with van der Waals surface area (Å²) in [5, 5.41) is 13.8. The summed E-state index contributed by atoms with van der Waals surface area (Å²) in [5.41, 5.74) is 12.8. The van der Waals surface area contributed by atoms with Crippen molar-refractivity contribution >= 4 is 52.6 Å². The molecule has 5 atom stereocenters. The van der Waals surface area contributed by atoms with E-state index in [0.29, 0.717) is 23.2 Å². The Morgan fingerprint density at radius 1 is 0.800 bits per heavy atom. The molecule has 0 saturated carbocycles. The van der Waals surface area contributed by atoms with Gasteiger partial charge in [0.15, 0.2) is 0 Å². The molecule has 16 heteroatoms. The Kier molecular flexibility index (Phi) is 15.9. The van der Waals surface area contributed by atoms with Gasteiger partial charge in [0, 0.05) is 29.9 Å². The standard InChI is InChI=1S/C39H54N8O8/c1-22(2)15-30(37(53)44-26(21-48)18-33(41)49)47-38(54)32(17-25-19-42-29-10-8-7-9-28(25)29)45-34(50)20-43-36(52)31(46-35(51)23(3)40)16-24-11-13-27(14-12-24)55-39(4,5)6/h7-14,19,21-23,26,30-32,42H,15-18,20,40H2,1-6H3,(H2,41,49)(H,43,52)(H,44,53)(H,45,50)(H,46,51)(H,47,54)/t23-,26-,30-,31-,32-/m0/s1. The largest absolute Gasteiger partial charge is 0.488 e. The van der Waals surface area contributed by atoms with Crippen LogP contribution in [0.4, 0.5) is 0 Å². The van der Waals surface area contributed by atoms with Crippen LogP contribution >= 0.6 is 0 Å². The van der Waals surface area contributed by atoms with E-state index in [1.807, 2.05) is 58.9 Å². The van der Waals surface area contributed by atoms with Gasteiger partial charge in [0.05, 0.1) is 25.0 Å². The van der Waals surface area contributed by atoms with Crippen molar-refractivity contribution in [2.24, 2.45) is 17.4 Å². The minimum absolute atomic E-state index is 0.00613. The van der Waals surface area contributed by atoms with Crippen molar-refractivity contribution in [1.82, 2.24) is 31.6 Å². The van der Waals surface area contributed by atoms with Crippen LogP contribution in [-0.4, -0.2) is 89.1 Å². The Morgan fingerprint density at radius 3 is 2.02 bits per heavy atom. The zero-order chi connectivity index (χ0) is 40.9. The van der Waals surface area contributed by atoms with Gasteiger partial charge in [-0.3, -0.25) is 28.8 Å². The quantitative estimate of drug-likeness (QED) is 0.0751. The third-order valence-corrected chi connectivity index (χ3v) is 8.26. The van der Waals surface area contributed by atoms with Gasteiger partial charge < -0.3 is 52.6 Å². The van der Waals surface area contributed by atoms with Gasteiger partial charge in [-0.25, -0.2) is 0 Å². The van der Waals surface area contributed by atoms with Crippen LogP contribution < -0.4 is 42.8 Å². The maximum atomic E-state index is 13.9. The zero-order valence-corrected chi connectivity index (χ0v) is 32.2. The molecular formula is C39H54N8O8. The van der Waals surface area contributed by atoms with Crippen LogP contribution in [0.3, 0.4) is 0 Å². The molecule has 0 unspecified atom stereocenters. The predicted octanol–water partition coefficient (Wildman–Crippen LogP) is 0.653. The second kappa shape index (κ2) is 20.1. The number of amides is 6. The number of fused-ring (bicyclic) bond motifs is 1. The molecule has 10 N–H and O–H groups in total. The first kappa shape index (κ1) is 43.6. The van der Waals surface area contributed by atoms with Crippen molar-refractivity contribution in [3.63, 3.8) is 0 Å². The van der Waals surface area contributed by atoms with Crippen LogP contribution in [0.5, 0.6) is 5.75 Å². The highest BCUT2D eigenvalue weighted by Gasteiger charge is 2.30. The van der Waals surface area contributed by atoms with Crippen molar-refractivity contribution in [3.05, 3.63) is 65.9 Å². The van der Waals surface area contributed by atoms with Gasteiger partial charge in [-0.2, -0.15) is 0 Å². The number of rotatable bonds is 20. The van der Waals surface area contributed by atoms with Gasteiger partial charge >= 0.3 is 0 Å². The number of para-hydroxylation sites is 1. The van der Waals surface area contributed by atoms with E-state index in [-0.39, 0.29) is 25.2 Å². The molecule has 0 fully saturated rings. The van der Waals surface area contributed by atoms with Gasteiger partial charge in [0.2, 0.25) is 35.4 Å². The summed E-state index contributed by atoms with van der Waals surface area (Å²) < 4.78 is 5.87. The highest BCUT2D eigenvalue weighted by Crippen LogP contribution is 2.21. The van der Waals surface area contributed by atoms with E-state index in [0.717, 1.165) is 10.9 Å². The summed E-state index contributed by atoms with van der Waals surface area (Å²) in [6, 6.07) is 8.90. The molecule has 3 aromatic rings. The minimum Gasteiger partial charge on any atom is -0.488 e. The molecule has 2 aromatic carbocycles. The smallest absolute Gasteiger partial charge is 0.243 e. The molecule has 0 spiro atoms. The third-order valence-electron chi connectivity index (χ3n) is 8.26. The number of ether oxygens (including phenoxy) is 1. The molecule has 0 radical (unpaired) electrons. The average molecular weight is 763 g/mol. The number of primary amides is 1. The Balaban J connectivity index is 1.79. The van der Waals surface area contributed by atoms with E-state index in [4.69, 9.17) is 16.2 Å². The predicted molar refractivity (Wildman–Crippen MR) is 206 cm³/mol. The molecule has 3 rings (SSSR count). The van der Waals surface area contributed by atoms with E-state index in [1.54, 1.807) is 30.5 Å². The number of benzene rings is 2. The highest BCUT2D eigenvalue weighted by molar-refractivity contribution is 5.96. The summed E-state index contributed by atoms with van der Waals surface area (Å²) in [6.07, 6.45) is 1.93. The van der Waals surface area contributed by atoms with E-state index in [9.17, 15) is 33.6 Å².